The summed E-state index contributed by atoms with van der Waals surface area (Å²) in [5.74, 6) is -5.23. The van der Waals surface area contributed by atoms with E-state index in [4.69, 9.17) is 5.11 Å². The standard InChI is InChI=1S/C13H15F2NO4S/c1-12(2)10(13(12,14)15)7-16-21(19,20)9-5-3-4-8(6-9)11(17)18/h3-6,10,16H,7H2,1-2H3,(H,17,18). The molecule has 8 heteroatoms. The van der Waals surface area contributed by atoms with E-state index in [2.05, 4.69) is 4.72 Å². The van der Waals surface area contributed by atoms with Gasteiger partial charge in [-0.1, -0.05) is 19.9 Å². The Labute approximate surface area is 121 Å². The first kappa shape index (κ1) is 15.8. The third-order valence-electron chi connectivity index (χ3n) is 3.95. The van der Waals surface area contributed by atoms with Gasteiger partial charge in [-0.05, 0) is 18.2 Å². The molecule has 2 N–H and O–H groups in total. The third-order valence-corrected chi connectivity index (χ3v) is 5.37. The molecular weight excluding hydrogens is 304 g/mol. The lowest BCUT2D eigenvalue weighted by Crippen LogP contribution is -2.27. The zero-order valence-corrected chi connectivity index (χ0v) is 12.2. The van der Waals surface area contributed by atoms with Crippen LogP contribution in [0.25, 0.3) is 0 Å². The summed E-state index contributed by atoms with van der Waals surface area (Å²) in [6.07, 6.45) is 0. The number of carbonyl (C=O) groups is 1. The van der Waals surface area contributed by atoms with Gasteiger partial charge < -0.3 is 5.11 Å². The predicted molar refractivity (Wildman–Crippen MR) is 70.8 cm³/mol. The number of nitrogens with one attached hydrogen (secondary N) is 1. The number of carboxylic acid groups (broad SMARTS) is 1. The molecule has 21 heavy (non-hydrogen) atoms. The van der Waals surface area contributed by atoms with Crippen molar-refractivity contribution in [2.45, 2.75) is 24.7 Å². The van der Waals surface area contributed by atoms with E-state index in [9.17, 15) is 22.0 Å². The van der Waals surface area contributed by atoms with Gasteiger partial charge in [0.1, 0.15) is 0 Å². The van der Waals surface area contributed by atoms with Crippen LogP contribution in [-0.4, -0.2) is 32.0 Å². The molecule has 0 spiro atoms. The number of hydrogen-bond acceptors (Lipinski definition) is 3. The van der Waals surface area contributed by atoms with Crippen molar-refractivity contribution in [2.75, 3.05) is 6.54 Å². The molecule has 116 valence electrons. The van der Waals surface area contributed by atoms with Gasteiger partial charge in [0, 0.05) is 17.9 Å². The average molecular weight is 319 g/mol. The Morgan fingerprint density at radius 2 is 1.95 bits per heavy atom. The fraction of sp³-hybridized carbons (Fsp3) is 0.462. The maximum absolute atomic E-state index is 13.4. The lowest BCUT2D eigenvalue weighted by atomic mass is 10.1. The van der Waals surface area contributed by atoms with Crippen LogP contribution in [-0.2, 0) is 10.0 Å². The molecule has 5 nitrogen and oxygen atoms in total. The summed E-state index contributed by atoms with van der Waals surface area (Å²) in [7, 11) is -4.02. The highest BCUT2D eigenvalue weighted by Gasteiger charge is 2.74. The SMILES string of the molecule is CC1(C)C(CNS(=O)(=O)c2cccc(C(=O)O)c2)C1(F)F. The first-order valence-electron chi connectivity index (χ1n) is 6.21. The van der Waals surface area contributed by atoms with Crippen molar-refractivity contribution in [1.29, 1.82) is 0 Å². The predicted octanol–water partition coefficient (Wildman–Crippen LogP) is 1.95. The van der Waals surface area contributed by atoms with Crippen LogP contribution in [0.3, 0.4) is 0 Å². The Bertz CT molecular complexity index is 671. The monoisotopic (exact) mass is 319 g/mol. The Kier molecular flexibility index (Phi) is 3.57. The van der Waals surface area contributed by atoms with E-state index in [0.29, 0.717) is 0 Å². The van der Waals surface area contributed by atoms with E-state index >= 15 is 0 Å². The van der Waals surface area contributed by atoms with Crippen molar-refractivity contribution in [3.05, 3.63) is 29.8 Å². The van der Waals surface area contributed by atoms with Gasteiger partial charge >= 0.3 is 5.97 Å². The average Bonchev–Trinajstić information content (AvgIpc) is 2.77. The summed E-state index contributed by atoms with van der Waals surface area (Å²) in [5.41, 5.74) is -1.42. The van der Waals surface area contributed by atoms with Crippen LogP contribution in [0.4, 0.5) is 8.78 Å². The minimum absolute atomic E-state index is 0.185. The molecule has 1 saturated carbocycles. The van der Waals surface area contributed by atoms with Crippen molar-refractivity contribution >= 4 is 16.0 Å². The van der Waals surface area contributed by atoms with E-state index in [-0.39, 0.29) is 17.0 Å². The lowest BCUT2D eigenvalue weighted by Gasteiger charge is -2.07. The Morgan fingerprint density at radius 1 is 1.38 bits per heavy atom. The zero-order valence-electron chi connectivity index (χ0n) is 11.4. The topological polar surface area (TPSA) is 83.5 Å². The second-order valence-electron chi connectivity index (χ2n) is 5.58. The maximum atomic E-state index is 13.4. The van der Waals surface area contributed by atoms with Gasteiger partial charge in [0.2, 0.25) is 10.0 Å². The number of hydrogen-bond donors (Lipinski definition) is 2. The van der Waals surface area contributed by atoms with Crippen LogP contribution in [0.15, 0.2) is 29.2 Å². The van der Waals surface area contributed by atoms with Crippen molar-refractivity contribution < 1.29 is 27.1 Å². The Hall–Kier alpha value is -1.54. The van der Waals surface area contributed by atoms with E-state index in [1.54, 1.807) is 0 Å². The van der Waals surface area contributed by atoms with E-state index in [0.717, 1.165) is 6.07 Å². The van der Waals surface area contributed by atoms with Gasteiger partial charge in [0.15, 0.2) is 0 Å². The molecular formula is C13H15F2NO4S. The van der Waals surface area contributed by atoms with Crippen molar-refractivity contribution in [3.8, 4) is 0 Å². The maximum Gasteiger partial charge on any atom is 0.335 e. The van der Waals surface area contributed by atoms with Crippen LogP contribution in [0, 0.1) is 11.3 Å². The molecule has 0 heterocycles. The molecule has 1 unspecified atom stereocenters. The molecule has 1 aliphatic rings. The number of carboxylic acids is 1. The first-order chi connectivity index (χ1) is 9.50. The van der Waals surface area contributed by atoms with E-state index < -0.39 is 33.2 Å². The van der Waals surface area contributed by atoms with Gasteiger partial charge in [-0.2, -0.15) is 0 Å². The minimum Gasteiger partial charge on any atom is -0.478 e. The largest absolute Gasteiger partial charge is 0.478 e. The minimum atomic E-state index is -4.02. The molecule has 2 rings (SSSR count). The first-order valence-corrected chi connectivity index (χ1v) is 7.69. The third kappa shape index (κ3) is 2.65. The van der Waals surface area contributed by atoms with Crippen molar-refractivity contribution in [2.24, 2.45) is 11.3 Å². The highest BCUT2D eigenvalue weighted by Crippen LogP contribution is 2.65. The molecule has 0 amide bonds. The van der Waals surface area contributed by atoms with E-state index in [1.807, 2.05) is 0 Å². The van der Waals surface area contributed by atoms with Crippen LogP contribution in [0.2, 0.25) is 0 Å². The highest BCUT2D eigenvalue weighted by molar-refractivity contribution is 7.89. The fourth-order valence-corrected chi connectivity index (χ4v) is 3.31. The van der Waals surface area contributed by atoms with Crippen LogP contribution >= 0.6 is 0 Å². The molecule has 1 aromatic rings. The summed E-state index contributed by atoms with van der Waals surface area (Å²) in [6, 6.07) is 4.74. The quantitative estimate of drug-likeness (QED) is 0.869. The van der Waals surface area contributed by atoms with Crippen LogP contribution in [0.5, 0.6) is 0 Å². The van der Waals surface area contributed by atoms with Gasteiger partial charge in [-0.25, -0.2) is 26.7 Å². The summed E-state index contributed by atoms with van der Waals surface area (Å²) < 4.78 is 53.0. The molecule has 1 aromatic carbocycles. The molecule has 0 radical (unpaired) electrons. The van der Waals surface area contributed by atoms with Gasteiger partial charge in [-0.3, -0.25) is 0 Å². The van der Waals surface area contributed by atoms with Crippen LogP contribution < -0.4 is 4.72 Å². The molecule has 1 atom stereocenters. The second kappa shape index (κ2) is 4.74. The summed E-state index contributed by atoms with van der Waals surface area (Å²) in [6.45, 7) is 2.35. The highest BCUT2D eigenvalue weighted by atomic mass is 32.2. The lowest BCUT2D eigenvalue weighted by molar-refractivity contribution is 0.0669. The summed E-state index contributed by atoms with van der Waals surface area (Å²) >= 11 is 0. The summed E-state index contributed by atoms with van der Waals surface area (Å²) in [4.78, 5) is 10.6. The molecule has 0 aliphatic heterocycles. The number of aromatic carboxylic acids is 1. The smallest absolute Gasteiger partial charge is 0.335 e. The molecule has 0 saturated heterocycles. The van der Waals surface area contributed by atoms with Gasteiger partial charge in [0.05, 0.1) is 10.5 Å². The fourth-order valence-electron chi connectivity index (χ4n) is 2.21. The number of alkyl halides is 2. The summed E-state index contributed by atoms with van der Waals surface area (Å²) in [5, 5.41) is 8.83. The van der Waals surface area contributed by atoms with E-state index in [1.165, 1.54) is 32.0 Å². The normalized spacial score (nSPS) is 22.8. The number of rotatable bonds is 5. The molecule has 1 fully saturated rings. The van der Waals surface area contributed by atoms with Gasteiger partial charge in [0.25, 0.3) is 5.92 Å². The Morgan fingerprint density at radius 3 is 2.43 bits per heavy atom. The number of sulfonamides is 1. The second-order valence-corrected chi connectivity index (χ2v) is 7.35. The van der Waals surface area contributed by atoms with Crippen molar-refractivity contribution in [1.82, 2.24) is 4.72 Å². The number of halogens is 2. The molecule has 1 aliphatic carbocycles. The van der Waals surface area contributed by atoms with Crippen LogP contribution in [0.1, 0.15) is 24.2 Å². The molecule has 0 bridgehead atoms. The van der Waals surface area contributed by atoms with Crippen molar-refractivity contribution in [3.63, 3.8) is 0 Å². The molecule has 0 aromatic heterocycles. The number of benzene rings is 1. The Balaban J connectivity index is 2.13. The zero-order chi connectivity index (χ0) is 16.1. The van der Waals surface area contributed by atoms with Gasteiger partial charge in [-0.15, -0.1) is 0 Å².